The number of nitrogens with zero attached hydrogens (tertiary/aromatic N) is 2. The average Bonchev–Trinajstić information content (AvgIpc) is 2.42. The van der Waals surface area contributed by atoms with E-state index in [-0.39, 0.29) is 0 Å². The van der Waals surface area contributed by atoms with Gasteiger partial charge < -0.3 is 10.6 Å². The summed E-state index contributed by atoms with van der Waals surface area (Å²) in [5, 5.41) is 0. The smallest absolute Gasteiger partial charge is 0.128 e. The summed E-state index contributed by atoms with van der Waals surface area (Å²) in [6.07, 6.45) is 11.7. The molecule has 1 spiro atoms. The second kappa shape index (κ2) is 4.79. The van der Waals surface area contributed by atoms with Gasteiger partial charge in [0.25, 0.3) is 0 Å². The summed E-state index contributed by atoms with van der Waals surface area (Å²) in [6.45, 7) is 2.33. The van der Waals surface area contributed by atoms with E-state index in [0.717, 1.165) is 24.6 Å². The molecule has 98 valence electrons. The molecule has 2 fully saturated rings. The largest absolute Gasteiger partial charge is 0.397 e. The molecule has 3 rings (SSSR count). The van der Waals surface area contributed by atoms with Crippen molar-refractivity contribution in [1.82, 2.24) is 4.98 Å². The molecule has 1 saturated carbocycles. The number of hydrogen-bond donors (Lipinski definition) is 1. The molecule has 2 heterocycles. The van der Waals surface area contributed by atoms with Gasteiger partial charge in [-0.1, -0.05) is 19.3 Å². The van der Waals surface area contributed by atoms with Crippen LogP contribution in [0, 0.1) is 5.41 Å². The molecular formula is C15H23N3. The van der Waals surface area contributed by atoms with E-state index < -0.39 is 0 Å². The zero-order chi connectivity index (χ0) is 12.4. The molecule has 1 aliphatic heterocycles. The van der Waals surface area contributed by atoms with E-state index in [4.69, 9.17) is 5.73 Å². The summed E-state index contributed by atoms with van der Waals surface area (Å²) in [7, 11) is 0. The minimum atomic E-state index is 0.669. The van der Waals surface area contributed by atoms with Crippen LogP contribution in [0.2, 0.25) is 0 Å². The lowest BCUT2D eigenvalue weighted by Crippen LogP contribution is -2.41. The molecule has 0 amide bonds. The first-order valence-corrected chi connectivity index (χ1v) is 7.24. The fraction of sp³-hybridized carbons (Fsp3) is 0.667. The predicted molar refractivity (Wildman–Crippen MR) is 75.6 cm³/mol. The van der Waals surface area contributed by atoms with Gasteiger partial charge in [0.05, 0.1) is 11.9 Å². The van der Waals surface area contributed by atoms with Crippen molar-refractivity contribution in [3.8, 4) is 0 Å². The summed E-state index contributed by atoms with van der Waals surface area (Å²) in [4.78, 5) is 6.85. The Bertz CT molecular complexity index is 383. The van der Waals surface area contributed by atoms with Crippen molar-refractivity contribution in [2.45, 2.75) is 44.9 Å². The van der Waals surface area contributed by atoms with E-state index in [1.165, 1.54) is 44.9 Å². The summed E-state index contributed by atoms with van der Waals surface area (Å²) >= 11 is 0. The maximum Gasteiger partial charge on any atom is 0.128 e. The van der Waals surface area contributed by atoms with Crippen LogP contribution in [0.4, 0.5) is 11.5 Å². The molecule has 18 heavy (non-hydrogen) atoms. The van der Waals surface area contributed by atoms with Crippen molar-refractivity contribution < 1.29 is 0 Å². The van der Waals surface area contributed by atoms with Crippen LogP contribution in [0.25, 0.3) is 0 Å². The minimum Gasteiger partial charge on any atom is -0.397 e. The summed E-state index contributed by atoms with van der Waals surface area (Å²) in [6, 6.07) is 4.00. The molecule has 0 radical (unpaired) electrons. The van der Waals surface area contributed by atoms with Crippen LogP contribution in [0.1, 0.15) is 44.9 Å². The van der Waals surface area contributed by atoms with Crippen LogP contribution in [-0.4, -0.2) is 18.1 Å². The normalized spacial score (nSPS) is 23.2. The number of pyridine rings is 1. The number of anilines is 2. The summed E-state index contributed by atoms with van der Waals surface area (Å²) in [5.74, 6) is 1.09. The molecule has 0 bridgehead atoms. The summed E-state index contributed by atoms with van der Waals surface area (Å²) < 4.78 is 0. The van der Waals surface area contributed by atoms with Crippen molar-refractivity contribution in [3.05, 3.63) is 18.3 Å². The first-order valence-electron chi connectivity index (χ1n) is 7.24. The Morgan fingerprint density at radius 1 is 1.00 bits per heavy atom. The monoisotopic (exact) mass is 245 g/mol. The van der Waals surface area contributed by atoms with Crippen molar-refractivity contribution in [1.29, 1.82) is 0 Å². The molecule has 0 unspecified atom stereocenters. The lowest BCUT2D eigenvalue weighted by atomic mass is 9.68. The Hall–Kier alpha value is -1.25. The Labute approximate surface area is 109 Å². The van der Waals surface area contributed by atoms with E-state index in [0.29, 0.717) is 5.41 Å². The van der Waals surface area contributed by atoms with Crippen molar-refractivity contribution in [2.75, 3.05) is 23.7 Å². The highest BCUT2D eigenvalue weighted by molar-refractivity contribution is 5.46. The van der Waals surface area contributed by atoms with Gasteiger partial charge in [0, 0.05) is 13.1 Å². The van der Waals surface area contributed by atoms with Crippen LogP contribution in [0.3, 0.4) is 0 Å². The average molecular weight is 245 g/mol. The van der Waals surface area contributed by atoms with Crippen LogP contribution in [0.5, 0.6) is 0 Å². The third-order valence-corrected chi connectivity index (χ3v) is 4.83. The number of nitrogen functional groups attached to an aromatic ring is 1. The molecule has 0 atom stereocenters. The number of aromatic nitrogens is 1. The molecule has 2 N–H and O–H groups in total. The number of piperidine rings is 1. The van der Waals surface area contributed by atoms with Gasteiger partial charge in [0.2, 0.25) is 0 Å². The van der Waals surface area contributed by atoms with Crippen molar-refractivity contribution in [3.63, 3.8) is 0 Å². The second-order valence-corrected chi connectivity index (χ2v) is 6.00. The van der Waals surface area contributed by atoms with E-state index >= 15 is 0 Å². The summed E-state index contributed by atoms with van der Waals surface area (Å²) in [5.41, 5.74) is 7.11. The van der Waals surface area contributed by atoms with Crippen LogP contribution in [0.15, 0.2) is 18.3 Å². The maximum absolute atomic E-state index is 5.69. The van der Waals surface area contributed by atoms with E-state index in [1.54, 1.807) is 6.20 Å². The van der Waals surface area contributed by atoms with Crippen LogP contribution >= 0.6 is 0 Å². The highest BCUT2D eigenvalue weighted by atomic mass is 15.2. The van der Waals surface area contributed by atoms with Gasteiger partial charge >= 0.3 is 0 Å². The molecule has 1 aliphatic carbocycles. The Morgan fingerprint density at radius 2 is 1.72 bits per heavy atom. The Kier molecular flexibility index (Phi) is 3.14. The fourth-order valence-electron chi connectivity index (χ4n) is 3.60. The van der Waals surface area contributed by atoms with E-state index in [2.05, 4.69) is 9.88 Å². The molecule has 2 aliphatic rings. The molecular weight excluding hydrogens is 222 g/mol. The van der Waals surface area contributed by atoms with Gasteiger partial charge in [0.15, 0.2) is 0 Å². The highest BCUT2D eigenvalue weighted by Crippen LogP contribution is 2.44. The standard InChI is InChI=1S/C15H23N3/c16-13-4-5-14(17-12-13)18-10-8-15(9-11-18)6-2-1-3-7-15/h4-5,12H,1-3,6-11,16H2. The number of rotatable bonds is 1. The zero-order valence-electron chi connectivity index (χ0n) is 11.1. The first kappa shape index (κ1) is 11.8. The third-order valence-electron chi connectivity index (χ3n) is 4.83. The van der Waals surface area contributed by atoms with E-state index in [1.807, 2.05) is 12.1 Å². The zero-order valence-corrected chi connectivity index (χ0v) is 11.1. The maximum atomic E-state index is 5.69. The quantitative estimate of drug-likeness (QED) is 0.826. The van der Waals surface area contributed by atoms with Gasteiger partial charge in [-0.05, 0) is 43.2 Å². The predicted octanol–water partition coefficient (Wildman–Crippen LogP) is 3.21. The fourth-order valence-corrected chi connectivity index (χ4v) is 3.60. The van der Waals surface area contributed by atoms with Crippen molar-refractivity contribution in [2.24, 2.45) is 5.41 Å². The van der Waals surface area contributed by atoms with Gasteiger partial charge in [-0.25, -0.2) is 4.98 Å². The highest BCUT2D eigenvalue weighted by Gasteiger charge is 2.35. The lowest BCUT2D eigenvalue weighted by Gasteiger charge is -2.44. The third kappa shape index (κ3) is 2.31. The second-order valence-electron chi connectivity index (χ2n) is 6.00. The molecule has 3 nitrogen and oxygen atoms in total. The first-order chi connectivity index (χ1) is 8.77. The van der Waals surface area contributed by atoms with Crippen LogP contribution < -0.4 is 10.6 Å². The number of hydrogen-bond acceptors (Lipinski definition) is 3. The van der Waals surface area contributed by atoms with Gasteiger partial charge in [-0.3, -0.25) is 0 Å². The van der Waals surface area contributed by atoms with Gasteiger partial charge in [-0.2, -0.15) is 0 Å². The molecule has 3 heteroatoms. The lowest BCUT2D eigenvalue weighted by molar-refractivity contribution is 0.144. The Balaban J connectivity index is 1.64. The minimum absolute atomic E-state index is 0.669. The molecule has 1 aromatic heterocycles. The van der Waals surface area contributed by atoms with E-state index in [9.17, 15) is 0 Å². The van der Waals surface area contributed by atoms with Crippen molar-refractivity contribution >= 4 is 11.5 Å². The SMILES string of the molecule is Nc1ccc(N2CCC3(CCCCC3)CC2)nc1. The van der Waals surface area contributed by atoms with Crippen LogP contribution in [-0.2, 0) is 0 Å². The topological polar surface area (TPSA) is 42.1 Å². The molecule has 1 aromatic rings. The molecule has 0 aromatic carbocycles. The van der Waals surface area contributed by atoms with Gasteiger partial charge in [0.1, 0.15) is 5.82 Å². The van der Waals surface area contributed by atoms with Gasteiger partial charge in [-0.15, -0.1) is 0 Å². The Morgan fingerprint density at radius 3 is 2.33 bits per heavy atom. The number of nitrogens with two attached hydrogens (primary N) is 1. The molecule has 1 saturated heterocycles.